The highest BCUT2D eigenvalue weighted by Gasteiger charge is 2.35. The summed E-state index contributed by atoms with van der Waals surface area (Å²) in [4.78, 5) is 11.8. The monoisotopic (exact) mass is 185 g/mol. The number of carbonyl (C=O) groups excluding carboxylic acids is 1. The maximum absolute atomic E-state index is 11.8. The van der Waals surface area contributed by atoms with Crippen LogP contribution in [0.5, 0.6) is 0 Å². The van der Waals surface area contributed by atoms with Gasteiger partial charge in [-0.1, -0.05) is 18.2 Å². The first kappa shape index (κ1) is 7.74. The summed E-state index contributed by atoms with van der Waals surface area (Å²) in [7, 11) is 0. The van der Waals surface area contributed by atoms with Gasteiger partial charge in [0.05, 0.1) is 5.69 Å². The summed E-state index contributed by atoms with van der Waals surface area (Å²) in [5.41, 5.74) is 6.25. The van der Waals surface area contributed by atoms with Crippen LogP contribution in [0.25, 0.3) is 0 Å². The van der Waals surface area contributed by atoms with Gasteiger partial charge >= 0.3 is 0 Å². The molecule has 0 amide bonds. The fraction of sp³-hybridized carbons (Fsp3) is 0.273. The molecular weight excluding hydrogens is 176 g/mol. The Balaban J connectivity index is 1.99. The average molecular weight is 185 g/mol. The highest BCUT2D eigenvalue weighted by Crippen LogP contribution is 2.33. The third-order valence-corrected chi connectivity index (χ3v) is 2.60. The second-order valence-corrected chi connectivity index (χ2v) is 3.70. The van der Waals surface area contributed by atoms with Crippen LogP contribution in [-0.2, 0) is 4.79 Å². The number of rotatable bonds is 2. The van der Waals surface area contributed by atoms with Gasteiger partial charge in [-0.15, -0.1) is 10.5 Å². The third kappa shape index (κ3) is 1.05. The lowest BCUT2D eigenvalue weighted by Gasteiger charge is -1.98. The second-order valence-electron chi connectivity index (χ2n) is 3.70. The number of benzene rings is 1. The van der Waals surface area contributed by atoms with Crippen molar-refractivity contribution in [3.8, 4) is 0 Å². The molecule has 0 atom stereocenters. The zero-order chi connectivity index (χ0) is 9.54. The average Bonchev–Trinajstić information content (AvgIpc) is 2.97. The van der Waals surface area contributed by atoms with Crippen molar-refractivity contribution in [2.75, 3.05) is 0 Å². The van der Waals surface area contributed by atoms with E-state index in [0.717, 1.165) is 24.1 Å². The molecule has 0 N–H and O–H groups in total. The fourth-order valence-corrected chi connectivity index (χ4v) is 1.64. The molecule has 69 valence electrons. The van der Waals surface area contributed by atoms with E-state index in [-0.39, 0.29) is 11.7 Å². The Hall–Kier alpha value is -1.64. The van der Waals surface area contributed by atoms with E-state index < -0.39 is 0 Å². The van der Waals surface area contributed by atoms with E-state index >= 15 is 0 Å². The minimum Gasteiger partial charge on any atom is -0.292 e. The van der Waals surface area contributed by atoms with Gasteiger partial charge in [0.15, 0.2) is 5.78 Å². The van der Waals surface area contributed by atoms with E-state index in [2.05, 4.69) is 10.5 Å². The van der Waals surface area contributed by atoms with Crippen molar-refractivity contribution >= 4 is 17.2 Å². The number of nitrogens with zero attached hydrogens (tertiary/aromatic N) is 2. The predicted molar refractivity (Wildman–Crippen MR) is 52.5 cm³/mol. The van der Waals surface area contributed by atoms with Crippen LogP contribution in [0.1, 0.15) is 18.4 Å². The van der Waals surface area contributed by atoms with Crippen LogP contribution >= 0.6 is 0 Å². The molecule has 14 heavy (non-hydrogen) atoms. The quantitative estimate of drug-likeness (QED) is 0.690. The van der Waals surface area contributed by atoms with Gasteiger partial charge in [-0.2, -0.15) is 0 Å². The molecule has 1 saturated carbocycles. The Morgan fingerprint density at radius 2 is 2.07 bits per heavy atom. The molecule has 3 rings (SSSR count). The van der Waals surface area contributed by atoms with Crippen LogP contribution in [0.3, 0.4) is 0 Å². The van der Waals surface area contributed by atoms with Gasteiger partial charge in [0, 0.05) is 11.5 Å². The minimum absolute atomic E-state index is 0.165. The van der Waals surface area contributed by atoms with Crippen molar-refractivity contribution in [3.63, 3.8) is 0 Å². The van der Waals surface area contributed by atoms with Crippen LogP contribution in [-0.4, -0.2) is 11.5 Å². The van der Waals surface area contributed by atoms with Crippen LogP contribution in [0.15, 0.2) is 29.4 Å². The Labute approximate surface area is 81.8 Å². The van der Waals surface area contributed by atoms with Crippen molar-refractivity contribution in [2.24, 2.45) is 11.0 Å². The zero-order valence-electron chi connectivity index (χ0n) is 7.60. The molecule has 0 aromatic heterocycles. The lowest BCUT2D eigenvalue weighted by atomic mass is 10.0. The van der Waals surface area contributed by atoms with E-state index in [4.69, 9.17) is 0 Å². The molecule has 3 heteroatoms. The topological polar surface area (TPSA) is 43.5 Å². The molecule has 0 saturated heterocycles. The maximum atomic E-state index is 11.8. The summed E-state index contributed by atoms with van der Waals surface area (Å²) in [5, 5.41) is 3.96. The molecule has 1 aromatic carbocycles. The van der Waals surface area contributed by atoms with Crippen LogP contribution < -0.4 is 5.43 Å². The van der Waals surface area contributed by atoms with Crippen molar-refractivity contribution in [2.45, 2.75) is 12.8 Å². The summed E-state index contributed by atoms with van der Waals surface area (Å²) < 4.78 is 0. The van der Waals surface area contributed by atoms with Gasteiger partial charge in [-0.3, -0.25) is 4.79 Å². The van der Waals surface area contributed by atoms with Crippen LogP contribution in [0.4, 0.5) is 5.69 Å². The van der Waals surface area contributed by atoms with Gasteiger partial charge in [-0.25, -0.2) is 0 Å². The van der Waals surface area contributed by atoms with Crippen molar-refractivity contribution < 1.29 is 4.79 Å². The SMILES string of the molecule is O=C(C1=N[N]c2ccccc21)C1CC1. The van der Waals surface area contributed by atoms with Gasteiger partial charge < -0.3 is 0 Å². The van der Waals surface area contributed by atoms with Gasteiger partial charge in [0.1, 0.15) is 5.71 Å². The first-order valence-corrected chi connectivity index (χ1v) is 4.78. The molecular formula is C11H9N2O. The number of fused-ring (bicyclic) bond motifs is 1. The molecule has 1 heterocycles. The number of ketones is 1. The van der Waals surface area contributed by atoms with Crippen LogP contribution in [0, 0.1) is 5.92 Å². The summed E-state index contributed by atoms with van der Waals surface area (Å²) in [6.45, 7) is 0. The molecule has 1 aliphatic heterocycles. The Morgan fingerprint density at radius 3 is 2.86 bits per heavy atom. The first-order valence-electron chi connectivity index (χ1n) is 4.78. The first-order chi connectivity index (χ1) is 6.86. The lowest BCUT2D eigenvalue weighted by Crippen LogP contribution is -2.15. The number of hydrogen-bond donors (Lipinski definition) is 0. The number of carbonyl (C=O) groups is 1. The van der Waals surface area contributed by atoms with Gasteiger partial charge in [0.25, 0.3) is 0 Å². The Bertz CT molecular complexity index is 433. The lowest BCUT2D eigenvalue weighted by molar-refractivity contribution is -0.113. The van der Waals surface area contributed by atoms with E-state index in [1.807, 2.05) is 24.3 Å². The second kappa shape index (κ2) is 2.67. The molecule has 0 bridgehead atoms. The molecule has 1 fully saturated rings. The van der Waals surface area contributed by atoms with E-state index in [1.165, 1.54) is 0 Å². The summed E-state index contributed by atoms with van der Waals surface area (Å²) >= 11 is 0. The third-order valence-electron chi connectivity index (χ3n) is 2.60. The van der Waals surface area contributed by atoms with Crippen LogP contribution in [0.2, 0.25) is 0 Å². The molecule has 0 spiro atoms. The molecule has 3 nitrogen and oxygen atoms in total. The highest BCUT2D eigenvalue weighted by atomic mass is 16.1. The summed E-state index contributed by atoms with van der Waals surface area (Å²) in [5.74, 6) is 0.383. The van der Waals surface area contributed by atoms with E-state index in [0.29, 0.717) is 5.71 Å². The normalized spacial score (nSPS) is 18.4. The number of Topliss-reactive ketones (excluding diaryl/α,β-unsaturated/α-hetero) is 1. The maximum Gasteiger partial charge on any atom is 0.186 e. The number of hydrogen-bond acceptors (Lipinski definition) is 2. The standard InChI is InChI=1S/C11H9N2O/c14-11(7-5-6-7)10-8-3-1-2-4-9(8)12-13-10/h1-4,7H,5-6H2. The molecule has 2 aliphatic rings. The molecule has 1 radical (unpaired) electrons. The summed E-state index contributed by atoms with van der Waals surface area (Å²) in [6.07, 6.45) is 2.03. The summed E-state index contributed by atoms with van der Waals surface area (Å²) in [6, 6.07) is 7.61. The van der Waals surface area contributed by atoms with Gasteiger partial charge in [0.2, 0.25) is 0 Å². The molecule has 0 unspecified atom stereocenters. The van der Waals surface area contributed by atoms with E-state index in [9.17, 15) is 4.79 Å². The Morgan fingerprint density at radius 1 is 1.29 bits per heavy atom. The Kier molecular flexibility index (Phi) is 1.48. The smallest absolute Gasteiger partial charge is 0.186 e. The van der Waals surface area contributed by atoms with Gasteiger partial charge in [-0.05, 0) is 18.9 Å². The zero-order valence-corrected chi connectivity index (χ0v) is 7.60. The minimum atomic E-state index is 0.165. The fourth-order valence-electron chi connectivity index (χ4n) is 1.64. The predicted octanol–water partition coefficient (Wildman–Crippen LogP) is 1.62. The van der Waals surface area contributed by atoms with Crippen molar-refractivity contribution in [1.29, 1.82) is 0 Å². The largest absolute Gasteiger partial charge is 0.292 e. The molecule has 1 aliphatic carbocycles. The molecule has 1 aromatic rings. The van der Waals surface area contributed by atoms with E-state index in [1.54, 1.807) is 0 Å². The highest BCUT2D eigenvalue weighted by molar-refractivity contribution is 6.48. The van der Waals surface area contributed by atoms with Crippen molar-refractivity contribution in [1.82, 2.24) is 5.43 Å². The van der Waals surface area contributed by atoms with Crippen molar-refractivity contribution in [3.05, 3.63) is 29.8 Å².